The van der Waals surface area contributed by atoms with Crippen LogP contribution in [0.4, 0.5) is 5.69 Å². The Hall–Kier alpha value is -4.46. The van der Waals surface area contributed by atoms with E-state index in [0.29, 0.717) is 31.5 Å². The number of hydrogen-bond donors (Lipinski definition) is 1. The fourth-order valence-electron chi connectivity index (χ4n) is 5.65. The summed E-state index contributed by atoms with van der Waals surface area (Å²) in [6.45, 7) is 2.47. The molecule has 2 aliphatic rings. The SMILES string of the molecule is COC(=O)Cc1ccc2c(c1)NC(=O)[C@H](C)CCC[C@H](N1CCC(c3ccccc3OC)=CC1=O)c1cc-2ccn1. The summed E-state index contributed by atoms with van der Waals surface area (Å²) >= 11 is 0. The van der Waals surface area contributed by atoms with Gasteiger partial charge in [0.2, 0.25) is 11.8 Å². The zero-order valence-corrected chi connectivity index (χ0v) is 23.7. The van der Waals surface area contributed by atoms with E-state index in [2.05, 4.69) is 5.32 Å². The predicted octanol–water partition coefficient (Wildman–Crippen LogP) is 5.59. The maximum absolute atomic E-state index is 13.6. The third kappa shape index (κ3) is 6.16. The first-order valence-corrected chi connectivity index (χ1v) is 14.0. The van der Waals surface area contributed by atoms with Crippen LogP contribution in [0.25, 0.3) is 16.7 Å². The number of aromatic nitrogens is 1. The number of carbonyl (C=O) groups excluding carboxylic acids is 3. The minimum Gasteiger partial charge on any atom is -0.496 e. The number of methoxy groups -OCH3 is 2. The quantitative estimate of drug-likeness (QED) is 0.414. The van der Waals surface area contributed by atoms with Crippen molar-refractivity contribution in [2.45, 2.75) is 45.1 Å². The van der Waals surface area contributed by atoms with Crippen LogP contribution >= 0.6 is 0 Å². The van der Waals surface area contributed by atoms with Crippen molar-refractivity contribution in [3.8, 4) is 16.9 Å². The second-order valence-electron chi connectivity index (χ2n) is 10.6. The molecule has 0 aliphatic carbocycles. The van der Waals surface area contributed by atoms with Gasteiger partial charge in [-0.2, -0.15) is 0 Å². The molecule has 0 saturated heterocycles. The van der Waals surface area contributed by atoms with Crippen LogP contribution in [-0.2, 0) is 25.5 Å². The Morgan fingerprint density at radius 1 is 1.05 bits per heavy atom. The number of benzene rings is 2. The van der Waals surface area contributed by atoms with Crippen molar-refractivity contribution in [2.75, 3.05) is 26.1 Å². The van der Waals surface area contributed by atoms with Gasteiger partial charge in [-0.1, -0.05) is 43.7 Å². The zero-order valence-electron chi connectivity index (χ0n) is 23.7. The van der Waals surface area contributed by atoms with Crippen LogP contribution in [0.15, 0.2) is 66.9 Å². The number of para-hydroxylation sites is 1. The summed E-state index contributed by atoms with van der Waals surface area (Å²) in [5.41, 5.74) is 5.79. The van der Waals surface area contributed by atoms with Gasteiger partial charge in [-0.3, -0.25) is 19.4 Å². The maximum atomic E-state index is 13.6. The molecule has 0 radical (unpaired) electrons. The van der Waals surface area contributed by atoms with E-state index in [-0.39, 0.29) is 36.2 Å². The molecule has 1 N–H and O–H groups in total. The summed E-state index contributed by atoms with van der Waals surface area (Å²) in [6.07, 6.45) is 6.41. The minimum absolute atomic E-state index is 0.0555. The van der Waals surface area contributed by atoms with Crippen molar-refractivity contribution in [1.82, 2.24) is 9.88 Å². The Morgan fingerprint density at radius 3 is 2.66 bits per heavy atom. The average molecular weight is 554 g/mol. The van der Waals surface area contributed by atoms with E-state index < -0.39 is 0 Å². The Kier molecular flexibility index (Phi) is 8.47. The van der Waals surface area contributed by atoms with Crippen LogP contribution in [0.2, 0.25) is 0 Å². The molecule has 8 nitrogen and oxygen atoms in total. The summed E-state index contributed by atoms with van der Waals surface area (Å²) in [6, 6.07) is 17.0. The third-order valence-electron chi connectivity index (χ3n) is 7.95. The fourth-order valence-corrected chi connectivity index (χ4v) is 5.65. The summed E-state index contributed by atoms with van der Waals surface area (Å²) in [7, 11) is 3.00. The van der Waals surface area contributed by atoms with E-state index in [0.717, 1.165) is 45.7 Å². The summed E-state index contributed by atoms with van der Waals surface area (Å²) in [5, 5.41) is 3.09. The van der Waals surface area contributed by atoms with Gasteiger partial charge in [-0.25, -0.2) is 0 Å². The molecule has 5 rings (SSSR count). The molecule has 0 fully saturated rings. The smallest absolute Gasteiger partial charge is 0.309 e. The molecule has 212 valence electrons. The van der Waals surface area contributed by atoms with Crippen LogP contribution in [0, 0.1) is 5.92 Å². The lowest BCUT2D eigenvalue weighted by molar-refractivity contribution is -0.139. The molecular weight excluding hydrogens is 518 g/mol. The molecular formula is C33H35N3O5. The molecule has 0 spiro atoms. The number of anilines is 1. The number of carbonyl (C=O) groups is 3. The number of pyridine rings is 1. The second kappa shape index (κ2) is 12.4. The van der Waals surface area contributed by atoms with Gasteiger partial charge < -0.3 is 19.7 Å². The van der Waals surface area contributed by atoms with E-state index in [1.807, 2.05) is 66.4 Å². The normalized spacial score (nSPS) is 19.2. The van der Waals surface area contributed by atoms with Gasteiger partial charge in [-0.05, 0) is 60.2 Å². The molecule has 0 unspecified atom stereocenters. The minimum atomic E-state index is -0.346. The molecule has 3 aromatic rings. The monoisotopic (exact) mass is 553 g/mol. The Labute approximate surface area is 240 Å². The van der Waals surface area contributed by atoms with E-state index in [1.54, 1.807) is 19.4 Å². The lowest BCUT2D eigenvalue weighted by Gasteiger charge is -2.34. The van der Waals surface area contributed by atoms with Crippen molar-refractivity contribution < 1.29 is 23.9 Å². The highest BCUT2D eigenvalue weighted by Crippen LogP contribution is 2.37. The van der Waals surface area contributed by atoms with Crippen molar-refractivity contribution in [1.29, 1.82) is 0 Å². The van der Waals surface area contributed by atoms with Crippen molar-refractivity contribution in [3.05, 3.63) is 83.7 Å². The van der Waals surface area contributed by atoms with Gasteiger partial charge in [-0.15, -0.1) is 0 Å². The Bertz CT molecular complexity index is 1500. The molecule has 0 saturated carbocycles. The van der Waals surface area contributed by atoms with Gasteiger partial charge in [0.25, 0.3) is 0 Å². The van der Waals surface area contributed by atoms with E-state index >= 15 is 0 Å². The number of nitrogens with one attached hydrogen (secondary N) is 1. The number of amides is 2. The highest BCUT2D eigenvalue weighted by molar-refractivity contribution is 5.98. The van der Waals surface area contributed by atoms with Crippen molar-refractivity contribution >= 4 is 29.0 Å². The van der Waals surface area contributed by atoms with E-state index in [1.165, 1.54) is 7.11 Å². The first-order valence-electron chi connectivity index (χ1n) is 14.0. The van der Waals surface area contributed by atoms with Crippen molar-refractivity contribution in [2.24, 2.45) is 5.92 Å². The summed E-state index contributed by atoms with van der Waals surface area (Å²) < 4.78 is 10.4. The van der Waals surface area contributed by atoms with Gasteiger partial charge in [0.1, 0.15) is 5.75 Å². The van der Waals surface area contributed by atoms with Crippen LogP contribution in [0.1, 0.15) is 55.5 Å². The lowest BCUT2D eigenvalue weighted by Crippen LogP contribution is -2.38. The van der Waals surface area contributed by atoms with E-state index in [4.69, 9.17) is 14.5 Å². The van der Waals surface area contributed by atoms with Gasteiger partial charge in [0.05, 0.1) is 32.4 Å². The second-order valence-corrected chi connectivity index (χ2v) is 10.6. The first kappa shape index (κ1) is 28.1. The van der Waals surface area contributed by atoms with Gasteiger partial charge in [0.15, 0.2) is 0 Å². The van der Waals surface area contributed by atoms with Gasteiger partial charge in [0, 0.05) is 41.5 Å². The van der Waals surface area contributed by atoms with Crippen molar-refractivity contribution in [3.63, 3.8) is 0 Å². The molecule has 2 bridgehead atoms. The summed E-state index contributed by atoms with van der Waals surface area (Å²) in [5.74, 6) is 0.0426. The maximum Gasteiger partial charge on any atom is 0.309 e. The molecule has 2 amide bonds. The Morgan fingerprint density at radius 2 is 1.88 bits per heavy atom. The predicted molar refractivity (Wildman–Crippen MR) is 157 cm³/mol. The number of rotatable bonds is 5. The number of ether oxygens (including phenoxy) is 2. The number of nitrogens with zero attached hydrogens (tertiary/aromatic N) is 2. The highest BCUT2D eigenvalue weighted by Gasteiger charge is 2.30. The Balaban J connectivity index is 1.51. The lowest BCUT2D eigenvalue weighted by atomic mass is 9.92. The summed E-state index contributed by atoms with van der Waals surface area (Å²) in [4.78, 5) is 45.3. The zero-order chi connectivity index (χ0) is 28.9. The molecule has 8 heteroatoms. The largest absolute Gasteiger partial charge is 0.496 e. The topological polar surface area (TPSA) is 97.8 Å². The van der Waals surface area contributed by atoms with Crippen LogP contribution < -0.4 is 10.1 Å². The standard InChI is InChI=1S/C33H35N3O5/c1-21-7-6-9-29(36-16-14-24(20-31(36)37)26-8-4-5-10-30(26)40-2)28-19-23(13-15-34-28)25-12-11-22(18-32(38)41-3)17-27(25)35-33(21)39/h4-5,8,10-13,15,17,19-21,29H,6-7,9,14,16,18H2,1-3H3,(H,35,39)/t21-,29+/m1/s1. The van der Waals surface area contributed by atoms with E-state index in [9.17, 15) is 14.4 Å². The van der Waals surface area contributed by atoms with Gasteiger partial charge >= 0.3 is 5.97 Å². The molecule has 41 heavy (non-hydrogen) atoms. The fraction of sp³-hybridized carbons (Fsp3) is 0.333. The highest BCUT2D eigenvalue weighted by atomic mass is 16.5. The third-order valence-corrected chi connectivity index (χ3v) is 7.95. The molecule has 2 aliphatic heterocycles. The first-order chi connectivity index (χ1) is 19.9. The van der Waals surface area contributed by atoms with Crippen LogP contribution in [0.5, 0.6) is 5.75 Å². The average Bonchev–Trinajstić information content (AvgIpc) is 2.99. The molecule has 3 heterocycles. The number of esters is 1. The van der Waals surface area contributed by atoms with Crippen LogP contribution in [-0.4, -0.2) is 48.4 Å². The molecule has 2 atom stereocenters. The number of fused-ring (bicyclic) bond motifs is 4. The number of hydrogen-bond acceptors (Lipinski definition) is 6. The molecule has 2 aromatic carbocycles. The molecule has 1 aromatic heterocycles. The van der Waals surface area contributed by atoms with Crippen LogP contribution in [0.3, 0.4) is 0 Å².